The van der Waals surface area contributed by atoms with Crippen LogP contribution in [0, 0.1) is 19.8 Å². The third kappa shape index (κ3) is 3.03. The molecule has 0 amide bonds. The number of alkyl halides is 3. The highest BCUT2D eigenvalue weighted by molar-refractivity contribution is 5.30. The van der Waals surface area contributed by atoms with E-state index in [1.54, 1.807) is 6.92 Å². The molecule has 0 fully saturated rings. The quantitative estimate of drug-likeness (QED) is 0.874. The monoisotopic (exact) mass is 248 g/mol. The van der Waals surface area contributed by atoms with Crippen LogP contribution < -0.4 is 5.73 Å². The molecule has 0 radical (unpaired) electrons. The maximum Gasteiger partial charge on any atom is 0.407 e. The fourth-order valence-electron chi connectivity index (χ4n) is 1.96. The molecule has 0 aliphatic rings. The van der Waals surface area contributed by atoms with E-state index in [1.807, 2.05) is 25.3 Å². The fraction of sp³-hybridized carbons (Fsp3) is 0.667. The SMILES string of the molecule is Cc1cc(C(N)C(F)(F)F)c(C)n1CC(C)C. The van der Waals surface area contributed by atoms with Gasteiger partial charge in [-0.05, 0) is 31.4 Å². The Labute approximate surface area is 99.6 Å². The highest BCUT2D eigenvalue weighted by Gasteiger charge is 2.39. The van der Waals surface area contributed by atoms with E-state index in [0.29, 0.717) is 18.2 Å². The van der Waals surface area contributed by atoms with Gasteiger partial charge in [-0.25, -0.2) is 0 Å². The molecule has 0 spiro atoms. The third-order valence-corrected chi connectivity index (χ3v) is 2.85. The lowest BCUT2D eigenvalue weighted by molar-refractivity contribution is -0.149. The summed E-state index contributed by atoms with van der Waals surface area (Å²) < 4.78 is 39.6. The molecule has 0 saturated carbocycles. The summed E-state index contributed by atoms with van der Waals surface area (Å²) in [5.74, 6) is 0.384. The fourth-order valence-corrected chi connectivity index (χ4v) is 1.96. The standard InChI is InChI=1S/C12H19F3N2/c1-7(2)6-17-8(3)5-10(9(17)4)11(16)12(13,14)15/h5,7,11H,6,16H2,1-4H3. The Kier molecular flexibility index (Phi) is 3.91. The Balaban J connectivity index is 3.12. The van der Waals surface area contributed by atoms with Gasteiger partial charge in [-0.15, -0.1) is 0 Å². The molecule has 0 aliphatic carbocycles. The Morgan fingerprint density at radius 3 is 2.24 bits per heavy atom. The summed E-state index contributed by atoms with van der Waals surface area (Å²) in [6.45, 7) is 8.27. The van der Waals surface area contributed by atoms with Crippen LogP contribution >= 0.6 is 0 Å². The smallest absolute Gasteiger partial charge is 0.349 e. The molecule has 17 heavy (non-hydrogen) atoms. The van der Waals surface area contributed by atoms with Crippen LogP contribution in [0.1, 0.15) is 36.8 Å². The van der Waals surface area contributed by atoms with E-state index in [-0.39, 0.29) is 5.56 Å². The predicted molar refractivity (Wildman–Crippen MR) is 61.7 cm³/mol. The van der Waals surface area contributed by atoms with Crippen LogP contribution in [0.3, 0.4) is 0 Å². The second-order valence-electron chi connectivity index (χ2n) is 4.85. The van der Waals surface area contributed by atoms with Gasteiger partial charge in [0, 0.05) is 17.9 Å². The number of nitrogens with zero attached hydrogens (tertiary/aromatic N) is 1. The lowest BCUT2D eigenvalue weighted by atomic mass is 10.1. The van der Waals surface area contributed by atoms with Gasteiger partial charge in [0.25, 0.3) is 0 Å². The molecule has 1 aromatic heterocycles. The van der Waals surface area contributed by atoms with E-state index < -0.39 is 12.2 Å². The molecule has 1 rings (SSSR count). The third-order valence-electron chi connectivity index (χ3n) is 2.85. The van der Waals surface area contributed by atoms with Gasteiger partial charge in [0.15, 0.2) is 0 Å². The van der Waals surface area contributed by atoms with Crippen molar-refractivity contribution < 1.29 is 13.2 Å². The van der Waals surface area contributed by atoms with Crippen molar-refractivity contribution in [2.24, 2.45) is 11.7 Å². The van der Waals surface area contributed by atoms with Crippen LogP contribution in [-0.2, 0) is 6.54 Å². The van der Waals surface area contributed by atoms with Crippen LogP contribution in [-0.4, -0.2) is 10.7 Å². The van der Waals surface area contributed by atoms with Gasteiger partial charge in [0.2, 0.25) is 0 Å². The normalized spacial score (nSPS) is 14.4. The van der Waals surface area contributed by atoms with Gasteiger partial charge in [-0.3, -0.25) is 0 Å². The molecular formula is C12H19F3N2. The summed E-state index contributed by atoms with van der Waals surface area (Å²) in [6, 6.07) is -0.356. The average molecular weight is 248 g/mol. The van der Waals surface area contributed by atoms with Crippen LogP contribution in [0.2, 0.25) is 0 Å². The van der Waals surface area contributed by atoms with E-state index in [9.17, 15) is 13.2 Å². The maximum atomic E-state index is 12.6. The maximum absolute atomic E-state index is 12.6. The van der Waals surface area contributed by atoms with Crippen molar-refractivity contribution in [3.63, 3.8) is 0 Å². The molecule has 1 atom stereocenters. The summed E-state index contributed by atoms with van der Waals surface area (Å²) >= 11 is 0. The number of hydrogen-bond acceptors (Lipinski definition) is 1. The first-order valence-electron chi connectivity index (χ1n) is 5.63. The Bertz CT molecular complexity index is 391. The van der Waals surface area contributed by atoms with Crippen molar-refractivity contribution in [2.45, 2.75) is 46.5 Å². The molecule has 0 aliphatic heterocycles. The molecule has 2 N–H and O–H groups in total. The number of halogens is 3. The Hall–Kier alpha value is -0.970. The first-order valence-corrected chi connectivity index (χ1v) is 5.63. The van der Waals surface area contributed by atoms with E-state index in [0.717, 1.165) is 5.69 Å². The zero-order chi connectivity index (χ0) is 13.4. The summed E-state index contributed by atoms with van der Waals surface area (Å²) in [7, 11) is 0. The summed E-state index contributed by atoms with van der Waals surface area (Å²) in [5.41, 5.74) is 6.86. The number of rotatable bonds is 3. The van der Waals surface area contributed by atoms with Gasteiger partial charge >= 0.3 is 6.18 Å². The molecule has 0 saturated heterocycles. The van der Waals surface area contributed by atoms with Gasteiger partial charge in [-0.1, -0.05) is 13.8 Å². The van der Waals surface area contributed by atoms with Crippen molar-refractivity contribution in [1.29, 1.82) is 0 Å². The van der Waals surface area contributed by atoms with E-state index in [4.69, 9.17) is 5.73 Å². The predicted octanol–water partition coefficient (Wildman–Crippen LogP) is 3.32. The van der Waals surface area contributed by atoms with Crippen LogP contribution in [0.4, 0.5) is 13.2 Å². The highest BCUT2D eigenvalue weighted by Crippen LogP contribution is 2.33. The molecule has 1 aromatic rings. The molecule has 5 heteroatoms. The molecule has 1 unspecified atom stereocenters. The van der Waals surface area contributed by atoms with E-state index in [1.165, 1.54) is 6.07 Å². The summed E-state index contributed by atoms with van der Waals surface area (Å²) in [4.78, 5) is 0. The minimum atomic E-state index is -4.39. The number of aryl methyl sites for hydroxylation is 1. The second kappa shape index (κ2) is 4.72. The average Bonchev–Trinajstić information content (AvgIpc) is 2.42. The number of aromatic nitrogens is 1. The van der Waals surface area contributed by atoms with Crippen molar-refractivity contribution >= 4 is 0 Å². The lowest BCUT2D eigenvalue weighted by Crippen LogP contribution is -2.28. The second-order valence-corrected chi connectivity index (χ2v) is 4.85. The van der Waals surface area contributed by atoms with Crippen LogP contribution in [0.5, 0.6) is 0 Å². The van der Waals surface area contributed by atoms with Crippen molar-refractivity contribution in [3.05, 3.63) is 23.0 Å². The first-order chi connectivity index (χ1) is 7.64. The van der Waals surface area contributed by atoms with Gasteiger partial charge in [0.05, 0.1) is 0 Å². The lowest BCUT2D eigenvalue weighted by Gasteiger charge is -2.17. The molecular weight excluding hydrogens is 229 g/mol. The van der Waals surface area contributed by atoms with Crippen molar-refractivity contribution in [1.82, 2.24) is 4.57 Å². The Morgan fingerprint density at radius 1 is 1.29 bits per heavy atom. The summed E-state index contributed by atoms with van der Waals surface area (Å²) in [6.07, 6.45) is -4.39. The number of nitrogens with two attached hydrogens (primary N) is 1. The molecule has 0 aromatic carbocycles. The Morgan fingerprint density at radius 2 is 1.82 bits per heavy atom. The van der Waals surface area contributed by atoms with Gasteiger partial charge in [0.1, 0.15) is 6.04 Å². The highest BCUT2D eigenvalue weighted by atomic mass is 19.4. The summed E-state index contributed by atoms with van der Waals surface area (Å²) in [5, 5.41) is 0. The minimum absolute atomic E-state index is 0.177. The van der Waals surface area contributed by atoms with Crippen molar-refractivity contribution in [2.75, 3.05) is 0 Å². The molecule has 1 heterocycles. The van der Waals surface area contributed by atoms with Crippen LogP contribution in [0.15, 0.2) is 6.07 Å². The number of hydrogen-bond donors (Lipinski definition) is 1. The topological polar surface area (TPSA) is 30.9 Å². The zero-order valence-corrected chi connectivity index (χ0v) is 10.6. The van der Waals surface area contributed by atoms with E-state index >= 15 is 0 Å². The molecule has 0 bridgehead atoms. The molecule has 98 valence electrons. The van der Waals surface area contributed by atoms with E-state index in [2.05, 4.69) is 0 Å². The van der Waals surface area contributed by atoms with Crippen LogP contribution in [0.25, 0.3) is 0 Å². The largest absolute Gasteiger partial charge is 0.407 e. The van der Waals surface area contributed by atoms with Crippen molar-refractivity contribution in [3.8, 4) is 0 Å². The van der Waals surface area contributed by atoms with Gasteiger partial charge < -0.3 is 10.3 Å². The molecule has 2 nitrogen and oxygen atoms in total. The first kappa shape index (κ1) is 14.1. The minimum Gasteiger partial charge on any atom is -0.349 e. The van der Waals surface area contributed by atoms with Gasteiger partial charge in [-0.2, -0.15) is 13.2 Å². The zero-order valence-electron chi connectivity index (χ0n) is 10.6.